The molecule has 1 aromatic carbocycles. The lowest BCUT2D eigenvalue weighted by molar-refractivity contribution is -0.116. The summed E-state index contributed by atoms with van der Waals surface area (Å²) in [5.41, 5.74) is 7.36. The molecule has 94 valence electrons. The van der Waals surface area contributed by atoms with E-state index in [9.17, 15) is 4.79 Å². The van der Waals surface area contributed by atoms with Gasteiger partial charge < -0.3 is 11.1 Å². The highest BCUT2D eigenvalue weighted by Crippen LogP contribution is 2.29. The molecular weight excluding hydrogens is 304 g/mol. The van der Waals surface area contributed by atoms with Gasteiger partial charge >= 0.3 is 0 Å². The summed E-state index contributed by atoms with van der Waals surface area (Å²) in [6.07, 6.45) is 1.09. The molecule has 3 N–H and O–H groups in total. The first kappa shape index (κ1) is 14.5. The van der Waals surface area contributed by atoms with Crippen LogP contribution in [0.3, 0.4) is 0 Å². The van der Waals surface area contributed by atoms with Gasteiger partial charge in [0.1, 0.15) is 0 Å². The van der Waals surface area contributed by atoms with Crippen molar-refractivity contribution in [1.82, 2.24) is 0 Å². The van der Waals surface area contributed by atoms with E-state index >= 15 is 0 Å². The second kappa shape index (κ2) is 6.38. The van der Waals surface area contributed by atoms with Crippen molar-refractivity contribution >= 4 is 39.1 Å². The number of carbonyl (C=O) groups excluding carboxylic acids is 1. The minimum absolute atomic E-state index is 0.0973. The van der Waals surface area contributed by atoms with Crippen molar-refractivity contribution in [2.45, 2.75) is 32.7 Å². The van der Waals surface area contributed by atoms with Gasteiger partial charge in [0.05, 0.1) is 5.69 Å². The van der Waals surface area contributed by atoms with E-state index in [-0.39, 0.29) is 11.9 Å². The van der Waals surface area contributed by atoms with Crippen LogP contribution in [0.4, 0.5) is 5.69 Å². The minimum atomic E-state index is -0.102. The number of nitrogens with one attached hydrogen (secondary N) is 1. The molecule has 17 heavy (non-hydrogen) atoms. The van der Waals surface area contributed by atoms with Gasteiger partial charge in [-0.2, -0.15) is 0 Å². The van der Waals surface area contributed by atoms with Gasteiger partial charge in [-0.05, 0) is 47.0 Å². The Kier molecular flexibility index (Phi) is 5.43. The zero-order valence-corrected chi connectivity index (χ0v) is 12.2. The van der Waals surface area contributed by atoms with Gasteiger partial charge in [0.15, 0.2) is 0 Å². The Morgan fingerprint density at radius 3 is 2.82 bits per heavy atom. The van der Waals surface area contributed by atoms with Gasteiger partial charge in [0, 0.05) is 22.0 Å². The zero-order valence-electron chi connectivity index (χ0n) is 9.89. The van der Waals surface area contributed by atoms with Crippen molar-refractivity contribution in [2.24, 2.45) is 5.73 Å². The van der Waals surface area contributed by atoms with E-state index in [1.54, 1.807) is 6.07 Å². The van der Waals surface area contributed by atoms with Crippen molar-refractivity contribution in [2.75, 3.05) is 5.32 Å². The van der Waals surface area contributed by atoms with Gasteiger partial charge in [0.25, 0.3) is 0 Å². The SMILES string of the molecule is CCC(N)CC(=O)Nc1cc(Cl)c(C)cc1Br. The maximum absolute atomic E-state index is 11.7. The fourth-order valence-corrected chi connectivity index (χ4v) is 2.05. The number of hydrogen-bond donors (Lipinski definition) is 2. The zero-order chi connectivity index (χ0) is 13.0. The second-order valence-electron chi connectivity index (χ2n) is 4.00. The molecule has 1 atom stereocenters. The standard InChI is InChI=1S/C12H16BrClN2O/c1-3-8(15)5-12(17)16-11-6-10(14)7(2)4-9(11)13/h4,6,8H,3,5,15H2,1-2H3,(H,16,17). The Bertz CT molecular complexity index is 423. The minimum Gasteiger partial charge on any atom is -0.327 e. The van der Waals surface area contributed by atoms with Crippen LogP contribution in [0.2, 0.25) is 5.02 Å². The molecule has 0 aliphatic heterocycles. The topological polar surface area (TPSA) is 55.1 Å². The lowest BCUT2D eigenvalue weighted by Gasteiger charge is -2.11. The Labute approximate surface area is 115 Å². The van der Waals surface area contributed by atoms with E-state index in [0.29, 0.717) is 17.1 Å². The predicted octanol–water partition coefficient (Wildman–Crippen LogP) is 3.48. The summed E-state index contributed by atoms with van der Waals surface area (Å²) >= 11 is 9.39. The monoisotopic (exact) mass is 318 g/mol. The average Bonchev–Trinajstić information content (AvgIpc) is 2.25. The quantitative estimate of drug-likeness (QED) is 0.892. The summed E-state index contributed by atoms with van der Waals surface area (Å²) in [6.45, 7) is 3.86. The maximum Gasteiger partial charge on any atom is 0.225 e. The van der Waals surface area contributed by atoms with Gasteiger partial charge in [-0.3, -0.25) is 4.79 Å². The number of aryl methyl sites for hydroxylation is 1. The summed E-state index contributed by atoms with van der Waals surface area (Å²) in [5.74, 6) is -0.0973. The van der Waals surface area contributed by atoms with E-state index in [2.05, 4.69) is 21.2 Å². The van der Waals surface area contributed by atoms with Crippen LogP contribution in [0.1, 0.15) is 25.3 Å². The van der Waals surface area contributed by atoms with Crippen molar-refractivity contribution in [3.8, 4) is 0 Å². The number of carbonyl (C=O) groups is 1. The molecule has 1 amide bonds. The number of hydrogen-bond acceptors (Lipinski definition) is 2. The number of amides is 1. The summed E-state index contributed by atoms with van der Waals surface area (Å²) in [7, 11) is 0. The Morgan fingerprint density at radius 2 is 2.24 bits per heavy atom. The number of anilines is 1. The summed E-state index contributed by atoms with van der Waals surface area (Å²) < 4.78 is 0.817. The molecule has 0 aliphatic rings. The van der Waals surface area contributed by atoms with E-state index in [0.717, 1.165) is 16.5 Å². The van der Waals surface area contributed by atoms with E-state index in [1.807, 2.05) is 19.9 Å². The second-order valence-corrected chi connectivity index (χ2v) is 5.26. The van der Waals surface area contributed by atoms with Gasteiger partial charge in [0.2, 0.25) is 5.91 Å². The third kappa shape index (κ3) is 4.30. The van der Waals surface area contributed by atoms with E-state index in [4.69, 9.17) is 17.3 Å². The molecule has 1 aromatic rings. The number of benzene rings is 1. The molecule has 0 bridgehead atoms. The van der Waals surface area contributed by atoms with E-state index in [1.165, 1.54) is 0 Å². The van der Waals surface area contributed by atoms with E-state index < -0.39 is 0 Å². The predicted molar refractivity (Wildman–Crippen MR) is 75.4 cm³/mol. The molecule has 1 unspecified atom stereocenters. The molecule has 0 spiro atoms. The Morgan fingerprint density at radius 1 is 1.59 bits per heavy atom. The molecule has 1 rings (SSSR count). The molecule has 0 aliphatic carbocycles. The first-order valence-corrected chi connectivity index (χ1v) is 6.62. The largest absolute Gasteiger partial charge is 0.327 e. The number of nitrogens with two attached hydrogens (primary N) is 1. The van der Waals surface area contributed by atoms with Crippen LogP contribution in [0.5, 0.6) is 0 Å². The molecule has 0 saturated carbocycles. The third-order valence-corrected chi connectivity index (χ3v) is 3.56. The summed E-state index contributed by atoms with van der Waals surface area (Å²) in [4.78, 5) is 11.7. The van der Waals surface area contributed by atoms with Crippen LogP contribution in [-0.4, -0.2) is 11.9 Å². The van der Waals surface area contributed by atoms with Gasteiger partial charge in [-0.25, -0.2) is 0 Å². The Hall–Kier alpha value is -0.580. The fourth-order valence-electron chi connectivity index (χ4n) is 1.33. The van der Waals surface area contributed by atoms with Crippen LogP contribution < -0.4 is 11.1 Å². The van der Waals surface area contributed by atoms with Gasteiger partial charge in [-0.15, -0.1) is 0 Å². The molecule has 0 radical (unpaired) electrons. The molecule has 0 saturated heterocycles. The number of rotatable bonds is 4. The molecule has 5 heteroatoms. The lowest BCUT2D eigenvalue weighted by Crippen LogP contribution is -2.26. The number of halogens is 2. The highest BCUT2D eigenvalue weighted by atomic mass is 79.9. The first-order chi connectivity index (χ1) is 7.93. The van der Waals surface area contributed by atoms with Crippen LogP contribution >= 0.6 is 27.5 Å². The van der Waals surface area contributed by atoms with Crippen molar-refractivity contribution in [1.29, 1.82) is 0 Å². The molecule has 0 heterocycles. The third-order valence-electron chi connectivity index (χ3n) is 2.49. The van der Waals surface area contributed by atoms with Gasteiger partial charge in [-0.1, -0.05) is 18.5 Å². The molecule has 3 nitrogen and oxygen atoms in total. The average molecular weight is 320 g/mol. The highest BCUT2D eigenvalue weighted by Gasteiger charge is 2.10. The highest BCUT2D eigenvalue weighted by molar-refractivity contribution is 9.10. The smallest absolute Gasteiger partial charge is 0.225 e. The Balaban J connectivity index is 2.75. The molecular formula is C12H16BrClN2O. The first-order valence-electron chi connectivity index (χ1n) is 5.45. The molecule has 0 fully saturated rings. The molecule has 0 aromatic heterocycles. The summed E-state index contributed by atoms with van der Waals surface area (Å²) in [5, 5.41) is 3.42. The van der Waals surface area contributed by atoms with Crippen LogP contribution in [0.15, 0.2) is 16.6 Å². The normalized spacial score (nSPS) is 12.3. The van der Waals surface area contributed by atoms with Crippen LogP contribution in [0.25, 0.3) is 0 Å². The van der Waals surface area contributed by atoms with Crippen molar-refractivity contribution in [3.63, 3.8) is 0 Å². The lowest BCUT2D eigenvalue weighted by atomic mass is 10.1. The van der Waals surface area contributed by atoms with Crippen LogP contribution in [-0.2, 0) is 4.79 Å². The maximum atomic E-state index is 11.7. The van der Waals surface area contributed by atoms with Crippen LogP contribution in [0, 0.1) is 6.92 Å². The van der Waals surface area contributed by atoms with Crippen molar-refractivity contribution in [3.05, 3.63) is 27.2 Å². The van der Waals surface area contributed by atoms with Crippen molar-refractivity contribution < 1.29 is 4.79 Å². The summed E-state index contributed by atoms with van der Waals surface area (Å²) in [6, 6.07) is 3.50. The fraction of sp³-hybridized carbons (Fsp3) is 0.417.